The lowest BCUT2D eigenvalue weighted by Gasteiger charge is -2.30. The fourth-order valence-electron chi connectivity index (χ4n) is 2.28. The van der Waals surface area contributed by atoms with Crippen LogP contribution in [0.2, 0.25) is 0 Å². The average Bonchev–Trinajstić information content (AvgIpc) is 2.38. The maximum atomic E-state index is 12.1. The second kappa shape index (κ2) is 6.01. The Kier molecular flexibility index (Phi) is 4.55. The van der Waals surface area contributed by atoms with Crippen LogP contribution in [0.15, 0.2) is 29.2 Å². The lowest BCUT2D eigenvalue weighted by Crippen LogP contribution is -2.41. The molecular formula is C13H17ClN2O3S. The second-order valence-corrected chi connectivity index (χ2v) is 7.65. The first kappa shape index (κ1) is 15.1. The van der Waals surface area contributed by atoms with Crippen molar-refractivity contribution in [3.63, 3.8) is 0 Å². The minimum atomic E-state index is -3.73. The number of rotatable bonds is 2. The molecule has 2 rings (SSSR count). The Balaban J connectivity index is 2.01. The highest BCUT2D eigenvalue weighted by atomic mass is 35.7. The number of urea groups is 1. The van der Waals surface area contributed by atoms with Gasteiger partial charge in [0.2, 0.25) is 0 Å². The molecule has 1 aromatic carbocycles. The molecule has 1 heterocycles. The van der Waals surface area contributed by atoms with Gasteiger partial charge in [-0.2, -0.15) is 0 Å². The monoisotopic (exact) mass is 316 g/mol. The highest BCUT2D eigenvalue weighted by molar-refractivity contribution is 8.13. The lowest BCUT2D eigenvalue weighted by atomic mass is 10.0. The zero-order valence-electron chi connectivity index (χ0n) is 11.2. The number of carbonyl (C=O) groups is 1. The van der Waals surface area contributed by atoms with Crippen molar-refractivity contribution in [3.05, 3.63) is 24.3 Å². The fraction of sp³-hybridized carbons (Fsp3) is 0.462. The van der Waals surface area contributed by atoms with Crippen molar-refractivity contribution in [2.45, 2.75) is 24.7 Å². The SMILES string of the molecule is C[C@H]1CCCN(C(=O)Nc2ccc(S(=O)(=O)Cl)cc2)C1. The van der Waals surface area contributed by atoms with Gasteiger partial charge in [0.1, 0.15) is 0 Å². The third-order valence-electron chi connectivity index (χ3n) is 3.33. The highest BCUT2D eigenvalue weighted by Gasteiger charge is 2.20. The number of piperidine rings is 1. The third-order valence-corrected chi connectivity index (χ3v) is 4.70. The summed E-state index contributed by atoms with van der Waals surface area (Å²) in [6, 6.07) is 5.65. The Hall–Kier alpha value is -1.27. The van der Waals surface area contributed by atoms with E-state index < -0.39 is 9.05 Å². The molecule has 1 aliphatic rings. The third kappa shape index (κ3) is 3.86. The molecule has 0 bridgehead atoms. The normalized spacial score (nSPS) is 19.7. The van der Waals surface area contributed by atoms with Crippen LogP contribution >= 0.6 is 10.7 Å². The molecule has 5 nitrogen and oxygen atoms in total. The van der Waals surface area contributed by atoms with E-state index in [9.17, 15) is 13.2 Å². The topological polar surface area (TPSA) is 66.5 Å². The summed E-state index contributed by atoms with van der Waals surface area (Å²) >= 11 is 0. The van der Waals surface area contributed by atoms with Gasteiger partial charge in [-0.05, 0) is 43.0 Å². The minimum Gasteiger partial charge on any atom is -0.324 e. The predicted molar refractivity (Wildman–Crippen MR) is 78.5 cm³/mol. The van der Waals surface area contributed by atoms with Crippen molar-refractivity contribution < 1.29 is 13.2 Å². The van der Waals surface area contributed by atoms with E-state index >= 15 is 0 Å². The molecule has 0 aliphatic carbocycles. The minimum absolute atomic E-state index is 0.0174. The molecule has 0 spiro atoms. The van der Waals surface area contributed by atoms with Gasteiger partial charge in [0, 0.05) is 29.5 Å². The summed E-state index contributed by atoms with van der Waals surface area (Å²) in [6.45, 7) is 3.63. The van der Waals surface area contributed by atoms with Crippen molar-refractivity contribution in [2.75, 3.05) is 18.4 Å². The Morgan fingerprint density at radius 1 is 1.35 bits per heavy atom. The number of halogens is 1. The van der Waals surface area contributed by atoms with Crippen molar-refractivity contribution in [1.29, 1.82) is 0 Å². The number of nitrogens with one attached hydrogen (secondary N) is 1. The van der Waals surface area contributed by atoms with Gasteiger partial charge in [-0.15, -0.1) is 0 Å². The summed E-state index contributed by atoms with van der Waals surface area (Å²) < 4.78 is 22.2. The van der Waals surface area contributed by atoms with Crippen molar-refractivity contribution in [1.82, 2.24) is 4.90 Å². The van der Waals surface area contributed by atoms with Crippen LogP contribution in [-0.4, -0.2) is 32.4 Å². The smallest absolute Gasteiger partial charge is 0.321 e. The Labute approximate surface area is 123 Å². The van der Waals surface area contributed by atoms with Gasteiger partial charge >= 0.3 is 6.03 Å². The van der Waals surface area contributed by atoms with E-state index in [2.05, 4.69) is 12.2 Å². The summed E-state index contributed by atoms with van der Waals surface area (Å²) in [6.07, 6.45) is 2.16. The van der Waals surface area contributed by atoms with E-state index in [1.807, 2.05) is 0 Å². The largest absolute Gasteiger partial charge is 0.324 e. The first-order valence-corrected chi connectivity index (χ1v) is 8.78. The Morgan fingerprint density at radius 2 is 2.00 bits per heavy atom. The fourth-order valence-corrected chi connectivity index (χ4v) is 3.05. The van der Waals surface area contributed by atoms with Crippen LogP contribution in [0.25, 0.3) is 0 Å². The van der Waals surface area contributed by atoms with Crippen molar-refractivity contribution >= 4 is 31.5 Å². The number of hydrogen-bond donors (Lipinski definition) is 1. The van der Waals surface area contributed by atoms with Gasteiger partial charge in [-0.25, -0.2) is 13.2 Å². The van der Waals surface area contributed by atoms with Crippen LogP contribution in [0, 0.1) is 5.92 Å². The van der Waals surface area contributed by atoms with E-state index in [1.54, 1.807) is 4.90 Å². The summed E-state index contributed by atoms with van der Waals surface area (Å²) in [7, 11) is 1.50. The van der Waals surface area contributed by atoms with Crippen LogP contribution in [0.1, 0.15) is 19.8 Å². The molecule has 0 radical (unpaired) electrons. The Morgan fingerprint density at radius 3 is 2.55 bits per heavy atom. The van der Waals surface area contributed by atoms with E-state index in [0.29, 0.717) is 11.6 Å². The van der Waals surface area contributed by atoms with Gasteiger partial charge in [0.05, 0.1) is 4.90 Å². The molecule has 20 heavy (non-hydrogen) atoms. The molecular weight excluding hydrogens is 300 g/mol. The molecule has 1 saturated heterocycles. The number of carbonyl (C=O) groups excluding carboxylic acids is 1. The molecule has 7 heteroatoms. The second-order valence-electron chi connectivity index (χ2n) is 5.09. The Bertz CT molecular complexity index is 586. The number of anilines is 1. The molecule has 1 N–H and O–H groups in total. The van der Waals surface area contributed by atoms with Gasteiger partial charge in [0.15, 0.2) is 0 Å². The number of likely N-dealkylation sites (tertiary alicyclic amines) is 1. The molecule has 1 aromatic rings. The predicted octanol–water partition coefficient (Wildman–Crippen LogP) is 2.88. The number of benzene rings is 1. The van der Waals surface area contributed by atoms with Gasteiger partial charge in [-0.3, -0.25) is 0 Å². The molecule has 1 aliphatic heterocycles. The summed E-state index contributed by atoms with van der Waals surface area (Å²) in [5.74, 6) is 0.512. The molecule has 0 saturated carbocycles. The number of hydrogen-bond acceptors (Lipinski definition) is 3. The van der Waals surface area contributed by atoms with E-state index in [4.69, 9.17) is 10.7 Å². The molecule has 110 valence electrons. The van der Waals surface area contributed by atoms with Crippen LogP contribution in [0.5, 0.6) is 0 Å². The molecule has 0 aromatic heterocycles. The van der Waals surface area contributed by atoms with Gasteiger partial charge in [0.25, 0.3) is 9.05 Å². The highest BCUT2D eigenvalue weighted by Crippen LogP contribution is 2.19. The van der Waals surface area contributed by atoms with Crippen LogP contribution in [0.4, 0.5) is 10.5 Å². The number of amides is 2. The first-order chi connectivity index (χ1) is 9.36. The molecule has 1 fully saturated rings. The van der Waals surface area contributed by atoms with E-state index in [0.717, 1.165) is 25.9 Å². The van der Waals surface area contributed by atoms with Gasteiger partial charge in [-0.1, -0.05) is 6.92 Å². The van der Waals surface area contributed by atoms with E-state index in [1.165, 1.54) is 24.3 Å². The van der Waals surface area contributed by atoms with Crippen LogP contribution in [0.3, 0.4) is 0 Å². The maximum absolute atomic E-state index is 12.1. The summed E-state index contributed by atoms with van der Waals surface area (Å²) in [5, 5.41) is 2.76. The average molecular weight is 317 g/mol. The zero-order valence-corrected chi connectivity index (χ0v) is 12.7. The van der Waals surface area contributed by atoms with Gasteiger partial charge < -0.3 is 10.2 Å². The van der Waals surface area contributed by atoms with Crippen molar-refractivity contribution in [2.24, 2.45) is 5.92 Å². The molecule has 1 atom stereocenters. The van der Waals surface area contributed by atoms with Crippen molar-refractivity contribution in [3.8, 4) is 0 Å². The number of nitrogens with zero attached hydrogens (tertiary/aromatic N) is 1. The summed E-state index contributed by atoms with van der Waals surface area (Å²) in [5.41, 5.74) is 0.553. The quantitative estimate of drug-likeness (QED) is 0.853. The molecule has 2 amide bonds. The standard InChI is InChI=1S/C13H17ClN2O3S/c1-10-3-2-8-16(9-10)13(17)15-11-4-6-12(7-5-11)20(14,18)19/h4-7,10H,2-3,8-9H2,1H3,(H,15,17)/t10-/m0/s1. The first-order valence-electron chi connectivity index (χ1n) is 6.47. The van der Waals surface area contributed by atoms with Crippen LogP contribution < -0.4 is 5.32 Å². The van der Waals surface area contributed by atoms with Crippen LogP contribution in [-0.2, 0) is 9.05 Å². The summed E-state index contributed by atoms with van der Waals surface area (Å²) in [4.78, 5) is 13.9. The van der Waals surface area contributed by atoms with E-state index in [-0.39, 0.29) is 10.9 Å². The maximum Gasteiger partial charge on any atom is 0.321 e. The molecule has 0 unspecified atom stereocenters. The lowest BCUT2D eigenvalue weighted by molar-refractivity contribution is 0.182. The zero-order chi connectivity index (χ0) is 14.8.